The molecule has 0 amide bonds. The van der Waals surface area contributed by atoms with Gasteiger partial charge in [0.2, 0.25) is 5.13 Å². The molecule has 2 heterocycles. The standard InChI is InChI=1S/C29H29N5O2S2/c1-4-36-20-12-10-19(11-13-20)24-21(16-30)26(31)34(22-14-29(2,3)15-23(35)25(22)24)27-32-33-28(38-27)37-17-18-8-6-5-7-9-18/h5-13,24H,4,14-15,17,31H2,1-3H3. The summed E-state index contributed by atoms with van der Waals surface area (Å²) in [6, 6.07) is 20.1. The molecule has 5 rings (SSSR count). The molecule has 1 aromatic heterocycles. The number of ketones is 1. The molecular weight excluding hydrogens is 514 g/mol. The van der Waals surface area contributed by atoms with Gasteiger partial charge in [0.1, 0.15) is 11.6 Å². The van der Waals surface area contributed by atoms with Crippen molar-refractivity contribution in [1.29, 1.82) is 5.26 Å². The average molecular weight is 544 g/mol. The minimum atomic E-state index is -0.537. The fourth-order valence-electron chi connectivity index (χ4n) is 5.05. The predicted molar refractivity (Wildman–Crippen MR) is 151 cm³/mol. The van der Waals surface area contributed by atoms with E-state index in [1.807, 2.05) is 49.4 Å². The zero-order chi connectivity index (χ0) is 26.9. The maximum Gasteiger partial charge on any atom is 0.219 e. The molecule has 0 saturated heterocycles. The van der Waals surface area contributed by atoms with Gasteiger partial charge in [0, 0.05) is 23.4 Å². The van der Waals surface area contributed by atoms with E-state index in [2.05, 4.69) is 42.2 Å². The van der Waals surface area contributed by atoms with Gasteiger partial charge in [-0.15, -0.1) is 10.2 Å². The normalized spacial score (nSPS) is 18.8. The maximum atomic E-state index is 13.7. The average Bonchev–Trinajstić information content (AvgIpc) is 3.36. The number of nitriles is 1. The molecular formula is C29H29N5O2S2. The lowest BCUT2D eigenvalue weighted by Crippen LogP contribution is -2.42. The molecule has 2 aliphatic rings. The zero-order valence-electron chi connectivity index (χ0n) is 21.6. The quantitative estimate of drug-likeness (QED) is 0.353. The van der Waals surface area contributed by atoms with Crippen molar-refractivity contribution in [1.82, 2.24) is 10.2 Å². The molecule has 2 N–H and O–H groups in total. The van der Waals surface area contributed by atoms with Crippen molar-refractivity contribution in [3.05, 3.63) is 88.4 Å². The number of hydrogen-bond donors (Lipinski definition) is 1. The van der Waals surface area contributed by atoms with Gasteiger partial charge in [0.15, 0.2) is 10.1 Å². The third kappa shape index (κ3) is 5.06. The number of hydrogen-bond acceptors (Lipinski definition) is 9. The number of aromatic nitrogens is 2. The Labute approximate surface area is 231 Å². The lowest BCUT2D eigenvalue weighted by molar-refractivity contribution is -0.118. The van der Waals surface area contributed by atoms with E-state index in [-0.39, 0.29) is 11.2 Å². The molecule has 1 atom stereocenters. The highest BCUT2D eigenvalue weighted by molar-refractivity contribution is 8.00. The number of nitrogens with two attached hydrogens (primary N) is 1. The van der Waals surface area contributed by atoms with Crippen LogP contribution in [-0.2, 0) is 10.5 Å². The van der Waals surface area contributed by atoms with Gasteiger partial charge in [-0.1, -0.05) is 79.4 Å². The van der Waals surface area contributed by atoms with Crippen molar-refractivity contribution < 1.29 is 9.53 Å². The zero-order valence-corrected chi connectivity index (χ0v) is 23.2. The van der Waals surface area contributed by atoms with Gasteiger partial charge in [-0.05, 0) is 42.0 Å². The fourth-order valence-corrected chi connectivity index (χ4v) is 6.89. The summed E-state index contributed by atoms with van der Waals surface area (Å²) in [4.78, 5) is 15.5. The van der Waals surface area contributed by atoms with Crippen LogP contribution >= 0.6 is 23.1 Å². The van der Waals surface area contributed by atoms with Crippen LogP contribution in [0.3, 0.4) is 0 Å². The highest BCUT2D eigenvalue weighted by Crippen LogP contribution is 2.50. The molecule has 0 saturated carbocycles. The molecule has 9 heteroatoms. The highest BCUT2D eigenvalue weighted by Gasteiger charge is 2.45. The van der Waals surface area contributed by atoms with Crippen LogP contribution in [0.2, 0.25) is 0 Å². The summed E-state index contributed by atoms with van der Waals surface area (Å²) < 4.78 is 6.40. The van der Waals surface area contributed by atoms with Crippen LogP contribution in [0.25, 0.3) is 0 Å². The smallest absolute Gasteiger partial charge is 0.219 e. The number of carbonyl (C=O) groups is 1. The second-order valence-corrected chi connectivity index (χ2v) is 12.3. The first-order valence-corrected chi connectivity index (χ1v) is 14.3. The van der Waals surface area contributed by atoms with E-state index in [4.69, 9.17) is 10.5 Å². The Morgan fingerprint density at radius 2 is 1.89 bits per heavy atom. The molecule has 2 aromatic carbocycles. The molecule has 0 fully saturated rings. The van der Waals surface area contributed by atoms with Crippen molar-refractivity contribution in [2.75, 3.05) is 11.5 Å². The summed E-state index contributed by atoms with van der Waals surface area (Å²) in [7, 11) is 0. The fraction of sp³-hybridized carbons (Fsp3) is 0.310. The van der Waals surface area contributed by atoms with Crippen LogP contribution in [0, 0.1) is 16.7 Å². The maximum absolute atomic E-state index is 13.7. The molecule has 0 radical (unpaired) electrons. The minimum absolute atomic E-state index is 0.0311. The third-order valence-electron chi connectivity index (χ3n) is 6.70. The van der Waals surface area contributed by atoms with Crippen molar-refractivity contribution in [3.8, 4) is 11.8 Å². The molecule has 0 spiro atoms. The number of allylic oxidation sites excluding steroid dienone is 3. The van der Waals surface area contributed by atoms with Crippen LogP contribution in [0.5, 0.6) is 5.75 Å². The van der Waals surface area contributed by atoms with Crippen molar-refractivity contribution in [2.24, 2.45) is 11.1 Å². The largest absolute Gasteiger partial charge is 0.494 e. The van der Waals surface area contributed by atoms with E-state index in [0.717, 1.165) is 27.1 Å². The van der Waals surface area contributed by atoms with E-state index in [9.17, 15) is 10.1 Å². The Morgan fingerprint density at radius 3 is 2.58 bits per heavy atom. The molecule has 1 aliphatic heterocycles. The van der Waals surface area contributed by atoms with Gasteiger partial charge in [0.25, 0.3) is 0 Å². The summed E-state index contributed by atoms with van der Waals surface area (Å²) in [5, 5.41) is 19.7. The first-order chi connectivity index (χ1) is 18.3. The summed E-state index contributed by atoms with van der Waals surface area (Å²) >= 11 is 3.02. The Bertz CT molecular complexity index is 1450. The predicted octanol–water partition coefficient (Wildman–Crippen LogP) is 6.17. The summed E-state index contributed by atoms with van der Waals surface area (Å²) in [5.74, 6) is 1.30. The second kappa shape index (κ2) is 10.6. The SMILES string of the molecule is CCOc1ccc(C2C(C#N)=C(N)N(c3nnc(SCc4ccccc4)s3)C3=C2C(=O)CC(C)(C)C3)cc1. The van der Waals surface area contributed by atoms with Crippen LogP contribution in [-0.4, -0.2) is 22.6 Å². The molecule has 7 nitrogen and oxygen atoms in total. The monoisotopic (exact) mass is 543 g/mol. The number of ether oxygens (including phenoxy) is 1. The van der Waals surface area contributed by atoms with Crippen molar-refractivity contribution >= 4 is 34.0 Å². The van der Waals surface area contributed by atoms with Crippen LogP contribution < -0.4 is 15.4 Å². The summed E-state index contributed by atoms with van der Waals surface area (Å²) in [5.41, 5.74) is 10.3. The highest BCUT2D eigenvalue weighted by atomic mass is 32.2. The Kier molecular flexibility index (Phi) is 7.28. The summed E-state index contributed by atoms with van der Waals surface area (Å²) in [6.45, 7) is 6.66. The molecule has 1 unspecified atom stereocenters. The Hall–Kier alpha value is -3.61. The lowest BCUT2D eigenvalue weighted by atomic mass is 9.68. The Morgan fingerprint density at radius 1 is 1.16 bits per heavy atom. The first kappa shape index (κ1) is 26.0. The molecule has 3 aromatic rings. The first-order valence-electron chi connectivity index (χ1n) is 12.5. The number of benzene rings is 2. The third-order valence-corrected chi connectivity index (χ3v) is 8.81. The van der Waals surface area contributed by atoms with Gasteiger partial charge in [-0.25, -0.2) is 0 Å². The molecule has 194 valence electrons. The van der Waals surface area contributed by atoms with Crippen LogP contribution in [0.4, 0.5) is 5.13 Å². The van der Waals surface area contributed by atoms with Crippen LogP contribution in [0.1, 0.15) is 50.7 Å². The topological polar surface area (TPSA) is 105 Å². The molecule has 1 aliphatic carbocycles. The molecule has 0 bridgehead atoms. The Balaban J connectivity index is 1.56. The van der Waals surface area contributed by atoms with E-state index >= 15 is 0 Å². The number of carbonyl (C=O) groups excluding carboxylic acids is 1. The van der Waals surface area contributed by atoms with Crippen LogP contribution in [0.15, 0.2) is 81.6 Å². The van der Waals surface area contributed by atoms with Gasteiger partial charge < -0.3 is 10.5 Å². The number of thioether (sulfide) groups is 1. The van der Waals surface area contributed by atoms with Gasteiger partial charge in [0.05, 0.1) is 24.2 Å². The minimum Gasteiger partial charge on any atom is -0.494 e. The van der Waals surface area contributed by atoms with Gasteiger partial charge in [-0.2, -0.15) is 5.26 Å². The number of anilines is 1. The molecule has 38 heavy (non-hydrogen) atoms. The van der Waals surface area contributed by atoms with Gasteiger partial charge >= 0.3 is 0 Å². The number of Topliss-reactive ketones (excluding diaryl/α,β-unsaturated/α-hetero) is 1. The second-order valence-electron chi connectivity index (χ2n) is 10.1. The van der Waals surface area contributed by atoms with E-state index < -0.39 is 5.92 Å². The van der Waals surface area contributed by atoms with E-state index in [0.29, 0.717) is 41.5 Å². The van der Waals surface area contributed by atoms with Crippen molar-refractivity contribution in [2.45, 2.75) is 49.6 Å². The number of rotatable bonds is 7. The number of nitrogens with zero attached hydrogens (tertiary/aromatic N) is 4. The van der Waals surface area contributed by atoms with E-state index in [1.54, 1.807) is 16.7 Å². The van der Waals surface area contributed by atoms with Crippen molar-refractivity contribution in [3.63, 3.8) is 0 Å². The summed E-state index contributed by atoms with van der Waals surface area (Å²) in [6.07, 6.45) is 1.03. The van der Waals surface area contributed by atoms with Gasteiger partial charge in [-0.3, -0.25) is 9.69 Å². The lowest BCUT2D eigenvalue weighted by Gasteiger charge is -2.42. The van der Waals surface area contributed by atoms with E-state index in [1.165, 1.54) is 16.9 Å².